The van der Waals surface area contributed by atoms with Crippen molar-refractivity contribution in [2.24, 2.45) is 0 Å². The summed E-state index contributed by atoms with van der Waals surface area (Å²) in [6, 6.07) is 9.27. The Morgan fingerprint density at radius 3 is 2.42 bits per heavy atom. The molecule has 0 aliphatic heterocycles. The Morgan fingerprint density at radius 2 is 1.84 bits per heavy atom. The number of anilines is 1. The van der Waals surface area contributed by atoms with Crippen LogP contribution in [0, 0.1) is 13.8 Å². The van der Waals surface area contributed by atoms with Crippen molar-refractivity contribution in [3.05, 3.63) is 56.5 Å². The molecule has 2 nitrogen and oxygen atoms in total. The van der Waals surface area contributed by atoms with Gasteiger partial charge in [0, 0.05) is 27.3 Å². The second-order valence-electron chi connectivity index (χ2n) is 4.52. The summed E-state index contributed by atoms with van der Waals surface area (Å²) in [6.07, 6.45) is 0. The fourth-order valence-electron chi connectivity index (χ4n) is 1.96. The SMILES string of the molecule is Cc1cc(NCc2c(O)cccc2Cl)cc(C)c1Br. The molecule has 100 valence electrons. The molecule has 2 N–H and O–H groups in total. The number of rotatable bonds is 3. The van der Waals surface area contributed by atoms with E-state index in [9.17, 15) is 5.11 Å². The van der Waals surface area contributed by atoms with E-state index >= 15 is 0 Å². The summed E-state index contributed by atoms with van der Waals surface area (Å²) in [7, 11) is 0. The van der Waals surface area contributed by atoms with Crippen molar-refractivity contribution in [3.8, 4) is 5.75 Å². The molecule has 2 aromatic rings. The lowest BCUT2D eigenvalue weighted by Crippen LogP contribution is -2.01. The van der Waals surface area contributed by atoms with Crippen LogP contribution in [-0.2, 0) is 6.54 Å². The smallest absolute Gasteiger partial charge is 0.122 e. The van der Waals surface area contributed by atoms with Gasteiger partial charge in [-0.15, -0.1) is 0 Å². The van der Waals surface area contributed by atoms with Crippen LogP contribution in [0.2, 0.25) is 5.02 Å². The molecule has 19 heavy (non-hydrogen) atoms. The maximum atomic E-state index is 9.79. The Labute approximate surface area is 126 Å². The first-order valence-electron chi connectivity index (χ1n) is 5.96. The molecule has 0 atom stereocenters. The van der Waals surface area contributed by atoms with Crippen LogP contribution in [0.1, 0.15) is 16.7 Å². The van der Waals surface area contributed by atoms with Crippen molar-refractivity contribution in [2.45, 2.75) is 20.4 Å². The highest BCUT2D eigenvalue weighted by molar-refractivity contribution is 9.10. The van der Waals surface area contributed by atoms with E-state index in [1.54, 1.807) is 18.2 Å². The van der Waals surface area contributed by atoms with Crippen molar-refractivity contribution in [2.75, 3.05) is 5.32 Å². The number of hydrogen-bond acceptors (Lipinski definition) is 2. The summed E-state index contributed by atoms with van der Waals surface area (Å²) in [5, 5.41) is 13.6. The third kappa shape index (κ3) is 3.23. The highest BCUT2D eigenvalue weighted by Gasteiger charge is 2.07. The van der Waals surface area contributed by atoms with Crippen molar-refractivity contribution in [3.63, 3.8) is 0 Å². The molecule has 0 aromatic heterocycles. The van der Waals surface area contributed by atoms with Gasteiger partial charge in [-0.2, -0.15) is 0 Å². The Bertz CT molecular complexity index is 570. The Hall–Kier alpha value is -1.19. The van der Waals surface area contributed by atoms with E-state index < -0.39 is 0 Å². The minimum Gasteiger partial charge on any atom is -0.508 e. The van der Waals surface area contributed by atoms with Gasteiger partial charge in [-0.05, 0) is 49.2 Å². The third-order valence-electron chi connectivity index (χ3n) is 3.00. The molecule has 2 aromatic carbocycles. The van der Waals surface area contributed by atoms with E-state index in [1.807, 2.05) is 0 Å². The van der Waals surface area contributed by atoms with Gasteiger partial charge in [0.05, 0.1) is 0 Å². The van der Waals surface area contributed by atoms with E-state index in [0.29, 0.717) is 17.1 Å². The monoisotopic (exact) mass is 339 g/mol. The number of phenolic OH excluding ortho intramolecular Hbond substituents is 1. The standard InChI is InChI=1S/C15H15BrClNO/c1-9-6-11(7-10(2)15(9)16)18-8-12-13(17)4-3-5-14(12)19/h3-7,18-19H,8H2,1-2H3. The van der Waals surface area contributed by atoms with Crippen molar-refractivity contribution in [1.29, 1.82) is 0 Å². The minimum absolute atomic E-state index is 0.213. The number of aromatic hydroxyl groups is 1. The zero-order valence-corrected chi connectivity index (χ0v) is 13.1. The topological polar surface area (TPSA) is 32.3 Å². The van der Waals surface area contributed by atoms with E-state index in [-0.39, 0.29) is 5.75 Å². The number of benzene rings is 2. The van der Waals surface area contributed by atoms with Gasteiger partial charge >= 0.3 is 0 Å². The highest BCUT2D eigenvalue weighted by atomic mass is 79.9. The van der Waals surface area contributed by atoms with Crippen LogP contribution in [0.5, 0.6) is 5.75 Å². The lowest BCUT2D eigenvalue weighted by molar-refractivity contribution is 0.469. The fraction of sp³-hybridized carbons (Fsp3) is 0.200. The number of phenols is 1. The normalized spacial score (nSPS) is 10.5. The summed E-state index contributed by atoms with van der Waals surface area (Å²) >= 11 is 9.62. The molecule has 0 spiro atoms. The first kappa shape index (κ1) is 14.2. The van der Waals surface area contributed by atoms with Gasteiger partial charge in [0.25, 0.3) is 0 Å². The average molecular weight is 341 g/mol. The molecule has 0 aliphatic rings. The van der Waals surface area contributed by atoms with Gasteiger partial charge in [0.2, 0.25) is 0 Å². The maximum Gasteiger partial charge on any atom is 0.122 e. The van der Waals surface area contributed by atoms with Gasteiger partial charge in [0.1, 0.15) is 5.75 Å². The molecule has 0 saturated carbocycles. The first-order chi connectivity index (χ1) is 8.99. The maximum absolute atomic E-state index is 9.79. The highest BCUT2D eigenvalue weighted by Crippen LogP contribution is 2.28. The van der Waals surface area contributed by atoms with Gasteiger partial charge in [-0.3, -0.25) is 0 Å². The lowest BCUT2D eigenvalue weighted by Gasteiger charge is -2.12. The largest absolute Gasteiger partial charge is 0.508 e. The van der Waals surface area contributed by atoms with Crippen LogP contribution in [0.3, 0.4) is 0 Å². The molecule has 0 radical (unpaired) electrons. The Balaban J connectivity index is 2.19. The summed E-state index contributed by atoms with van der Waals surface area (Å²) in [5.74, 6) is 0.213. The molecule has 0 unspecified atom stereocenters. The lowest BCUT2D eigenvalue weighted by atomic mass is 10.1. The van der Waals surface area contributed by atoms with Crippen molar-refractivity contribution >= 4 is 33.2 Å². The molecule has 0 saturated heterocycles. The van der Waals surface area contributed by atoms with Crippen molar-refractivity contribution in [1.82, 2.24) is 0 Å². The fourth-order valence-corrected chi connectivity index (χ4v) is 2.43. The molecule has 0 bridgehead atoms. The summed E-state index contributed by atoms with van der Waals surface area (Å²) in [6.45, 7) is 4.59. The second-order valence-corrected chi connectivity index (χ2v) is 5.72. The predicted octanol–water partition coefficient (Wildman–Crippen LogP) is 5.04. The first-order valence-corrected chi connectivity index (χ1v) is 7.13. The number of halogens is 2. The van der Waals surface area contributed by atoms with E-state index in [1.165, 1.54) is 11.1 Å². The van der Waals surface area contributed by atoms with Crippen LogP contribution in [-0.4, -0.2) is 5.11 Å². The minimum atomic E-state index is 0.213. The molecular formula is C15H15BrClNO. The van der Waals surface area contributed by atoms with Crippen LogP contribution in [0.25, 0.3) is 0 Å². The van der Waals surface area contributed by atoms with E-state index in [2.05, 4.69) is 47.2 Å². The van der Waals surface area contributed by atoms with Crippen molar-refractivity contribution < 1.29 is 5.11 Å². The molecular weight excluding hydrogens is 326 g/mol. The Kier molecular flexibility index (Phi) is 4.38. The summed E-state index contributed by atoms with van der Waals surface area (Å²) in [4.78, 5) is 0. The zero-order chi connectivity index (χ0) is 14.0. The Morgan fingerprint density at radius 1 is 1.21 bits per heavy atom. The van der Waals surface area contributed by atoms with Gasteiger partial charge < -0.3 is 10.4 Å². The number of hydrogen-bond donors (Lipinski definition) is 2. The molecule has 0 amide bonds. The van der Waals surface area contributed by atoms with Gasteiger partial charge in [-0.1, -0.05) is 33.6 Å². The zero-order valence-electron chi connectivity index (χ0n) is 10.8. The summed E-state index contributed by atoms with van der Waals surface area (Å²) < 4.78 is 1.12. The molecule has 0 aliphatic carbocycles. The molecule has 0 heterocycles. The third-order valence-corrected chi connectivity index (χ3v) is 4.60. The van der Waals surface area contributed by atoms with Gasteiger partial charge in [0.15, 0.2) is 0 Å². The van der Waals surface area contributed by atoms with Crippen LogP contribution < -0.4 is 5.32 Å². The van der Waals surface area contributed by atoms with E-state index in [0.717, 1.165) is 10.2 Å². The number of nitrogens with one attached hydrogen (secondary N) is 1. The summed E-state index contributed by atoms with van der Waals surface area (Å²) in [5.41, 5.74) is 4.07. The quantitative estimate of drug-likeness (QED) is 0.820. The number of aryl methyl sites for hydroxylation is 2. The average Bonchev–Trinajstić information content (AvgIpc) is 2.35. The van der Waals surface area contributed by atoms with Crippen LogP contribution in [0.15, 0.2) is 34.8 Å². The molecule has 2 rings (SSSR count). The van der Waals surface area contributed by atoms with Crippen LogP contribution in [0.4, 0.5) is 5.69 Å². The molecule has 0 fully saturated rings. The van der Waals surface area contributed by atoms with Crippen LogP contribution >= 0.6 is 27.5 Å². The predicted molar refractivity (Wildman–Crippen MR) is 84.1 cm³/mol. The van der Waals surface area contributed by atoms with E-state index in [4.69, 9.17) is 11.6 Å². The molecule has 4 heteroatoms. The second kappa shape index (κ2) is 5.85. The van der Waals surface area contributed by atoms with Gasteiger partial charge in [-0.25, -0.2) is 0 Å².